The third-order valence-electron chi connectivity index (χ3n) is 4.54. The number of hydrogen-bond acceptors (Lipinski definition) is 3. The number of carbonyl (C=O) groups excluding carboxylic acids is 1. The van der Waals surface area contributed by atoms with Crippen LogP contribution in [0.1, 0.15) is 45.4 Å². The number of amides is 1. The zero-order valence-electron chi connectivity index (χ0n) is 11.5. The van der Waals surface area contributed by atoms with Crippen molar-refractivity contribution in [3.05, 3.63) is 0 Å². The fraction of sp³-hybridized carbons (Fsp3) is 0.929. The highest BCUT2D eigenvalue weighted by Gasteiger charge is 2.36. The molecular formula is C14H26N2OS. The number of piperidine rings is 1. The van der Waals surface area contributed by atoms with Crippen LogP contribution in [0, 0.1) is 5.41 Å². The molecule has 4 heteroatoms. The van der Waals surface area contributed by atoms with Gasteiger partial charge >= 0.3 is 0 Å². The smallest absolute Gasteiger partial charge is 0.222 e. The molecule has 2 saturated heterocycles. The van der Waals surface area contributed by atoms with E-state index in [4.69, 9.17) is 5.73 Å². The van der Waals surface area contributed by atoms with Gasteiger partial charge in [0.05, 0.1) is 0 Å². The number of carbonyl (C=O) groups is 1. The second kappa shape index (κ2) is 6.29. The van der Waals surface area contributed by atoms with Crippen molar-refractivity contribution in [2.45, 2.75) is 51.5 Å². The van der Waals surface area contributed by atoms with E-state index in [2.05, 4.69) is 16.7 Å². The summed E-state index contributed by atoms with van der Waals surface area (Å²) in [7, 11) is 0. The van der Waals surface area contributed by atoms with Gasteiger partial charge in [0.1, 0.15) is 0 Å². The first-order valence-electron chi connectivity index (χ1n) is 7.22. The SMILES string of the molecule is CC(N)CCC(=O)N1CCC2(CCSCC2)CC1. The van der Waals surface area contributed by atoms with Gasteiger partial charge in [-0.1, -0.05) is 0 Å². The molecule has 3 nitrogen and oxygen atoms in total. The first-order valence-corrected chi connectivity index (χ1v) is 8.38. The molecule has 0 aromatic rings. The maximum Gasteiger partial charge on any atom is 0.222 e. The van der Waals surface area contributed by atoms with Crippen molar-refractivity contribution in [3.63, 3.8) is 0 Å². The second-order valence-corrected chi connectivity index (χ2v) is 7.23. The van der Waals surface area contributed by atoms with E-state index in [1.54, 1.807) is 0 Å². The molecule has 0 aromatic heterocycles. The van der Waals surface area contributed by atoms with Crippen molar-refractivity contribution in [2.24, 2.45) is 11.1 Å². The van der Waals surface area contributed by atoms with Crippen LogP contribution >= 0.6 is 11.8 Å². The largest absolute Gasteiger partial charge is 0.343 e. The van der Waals surface area contributed by atoms with Crippen LogP contribution in [0.3, 0.4) is 0 Å². The summed E-state index contributed by atoms with van der Waals surface area (Å²) in [6.45, 7) is 3.92. The average molecular weight is 270 g/mol. The zero-order valence-corrected chi connectivity index (χ0v) is 12.3. The Morgan fingerprint density at radius 2 is 1.89 bits per heavy atom. The molecular weight excluding hydrogens is 244 g/mol. The molecule has 0 aliphatic carbocycles. The van der Waals surface area contributed by atoms with E-state index in [0.717, 1.165) is 19.5 Å². The molecule has 2 aliphatic heterocycles. The molecule has 1 atom stereocenters. The van der Waals surface area contributed by atoms with E-state index in [0.29, 0.717) is 17.7 Å². The molecule has 1 amide bonds. The molecule has 1 unspecified atom stereocenters. The maximum absolute atomic E-state index is 12.0. The van der Waals surface area contributed by atoms with Crippen molar-refractivity contribution in [3.8, 4) is 0 Å². The van der Waals surface area contributed by atoms with Gasteiger partial charge in [0.25, 0.3) is 0 Å². The van der Waals surface area contributed by atoms with Crippen LogP contribution in [0.15, 0.2) is 0 Å². The molecule has 104 valence electrons. The van der Waals surface area contributed by atoms with E-state index >= 15 is 0 Å². The predicted molar refractivity (Wildman–Crippen MR) is 77.7 cm³/mol. The van der Waals surface area contributed by atoms with Crippen molar-refractivity contribution in [1.29, 1.82) is 0 Å². The van der Waals surface area contributed by atoms with Crippen LogP contribution in [0.25, 0.3) is 0 Å². The van der Waals surface area contributed by atoms with E-state index in [1.165, 1.54) is 37.2 Å². The summed E-state index contributed by atoms with van der Waals surface area (Å²) >= 11 is 2.09. The highest BCUT2D eigenvalue weighted by atomic mass is 32.2. The minimum absolute atomic E-state index is 0.139. The Kier molecular flexibility index (Phi) is 4.96. The van der Waals surface area contributed by atoms with Gasteiger partial charge in [-0.2, -0.15) is 11.8 Å². The van der Waals surface area contributed by atoms with Gasteiger partial charge in [-0.15, -0.1) is 0 Å². The fourth-order valence-corrected chi connectivity index (χ4v) is 4.40. The standard InChI is InChI=1S/C14H26N2OS/c1-12(15)2-3-13(17)16-8-4-14(5-9-16)6-10-18-11-7-14/h12H,2-11,15H2,1H3. The monoisotopic (exact) mass is 270 g/mol. The van der Waals surface area contributed by atoms with Gasteiger partial charge in [-0.25, -0.2) is 0 Å². The maximum atomic E-state index is 12.0. The molecule has 18 heavy (non-hydrogen) atoms. The Hall–Kier alpha value is -0.220. The van der Waals surface area contributed by atoms with Crippen LogP contribution in [-0.4, -0.2) is 41.4 Å². The lowest BCUT2D eigenvalue weighted by molar-refractivity contribution is -0.133. The van der Waals surface area contributed by atoms with Gasteiger partial charge in [0.15, 0.2) is 0 Å². The number of hydrogen-bond donors (Lipinski definition) is 1. The van der Waals surface area contributed by atoms with Gasteiger partial charge in [0.2, 0.25) is 5.91 Å². The van der Waals surface area contributed by atoms with E-state index < -0.39 is 0 Å². The number of rotatable bonds is 3. The zero-order chi connectivity index (χ0) is 13.0. The first-order chi connectivity index (χ1) is 8.61. The Labute approximate surface area is 115 Å². The molecule has 0 saturated carbocycles. The van der Waals surface area contributed by atoms with E-state index in [1.807, 2.05) is 6.92 Å². The molecule has 0 bridgehead atoms. The number of nitrogens with two attached hydrogens (primary N) is 1. The van der Waals surface area contributed by atoms with Gasteiger partial charge in [-0.3, -0.25) is 4.79 Å². The molecule has 2 heterocycles. The normalized spacial score (nSPS) is 25.1. The molecule has 0 aromatic carbocycles. The molecule has 2 rings (SSSR count). The Morgan fingerprint density at radius 1 is 1.28 bits per heavy atom. The molecule has 2 fully saturated rings. The molecule has 2 aliphatic rings. The summed E-state index contributed by atoms with van der Waals surface area (Å²) in [5.74, 6) is 2.95. The van der Waals surface area contributed by atoms with Crippen LogP contribution in [0.4, 0.5) is 0 Å². The summed E-state index contributed by atoms with van der Waals surface area (Å²) in [5.41, 5.74) is 6.28. The van der Waals surface area contributed by atoms with Crippen molar-refractivity contribution < 1.29 is 4.79 Å². The van der Waals surface area contributed by atoms with Crippen LogP contribution < -0.4 is 5.73 Å². The topological polar surface area (TPSA) is 46.3 Å². The van der Waals surface area contributed by atoms with Crippen LogP contribution in [0.5, 0.6) is 0 Å². The number of nitrogens with zero attached hydrogens (tertiary/aromatic N) is 1. The second-order valence-electron chi connectivity index (χ2n) is 6.01. The number of likely N-dealkylation sites (tertiary alicyclic amines) is 1. The first kappa shape index (κ1) is 14.2. The summed E-state index contributed by atoms with van der Waals surface area (Å²) in [6, 6.07) is 0.139. The summed E-state index contributed by atoms with van der Waals surface area (Å²) in [5, 5.41) is 0. The van der Waals surface area contributed by atoms with E-state index in [-0.39, 0.29) is 6.04 Å². The average Bonchev–Trinajstić information content (AvgIpc) is 2.38. The minimum atomic E-state index is 0.139. The fourth-order valence-electron chi connectivity index (χ4n) is 3.04. The van der Waals surface area contributed by atoms with Gasteiger partial charge in [0, 0.05) is 25.6 Å². The van der Waals surface area contributed by atoms with Gasteiger partial charge < -0.3 is 10.6 Å². The number of thioether (sulfide) groups is 1. The lowest BCUT2D eigenvalue weighted by Gasteiger charge is -2.44. The van der Waals surface area contributed by atoms with E-state index in [9.17, 15) is 4.79 Å². The van der Waals surface area contributed by atoms with Crippen molar-refractivity contribution in [2.75, 3.05) is 24.6 Å². The molecule has 2 N–H and O–H groups in total. The molecule has 1 spiro atoms. The predicted octanol–water partition coefficient (Wildman–Crippen LogP) is 2.25. The summed E-state index contributed by atoms with van der Waals surface area (Å²) < 4.78 is 0. The third-order valence-corrected chi connectivity index (χ3v) is 5.53. The highest BCUT2D eigenvalue weighted by Crippen LogP contribution is 2.43. The highest BCUT2D eigenvalue weighted by molar-refractivity contribution is 7.99. The summed E-state index contributed by atoms with van der Waals surface area (Å²) in [4.78, 5) is 14.1. The third kappa shape index (κ3) is 3.64. The van der Waals surface area contributed by atoms with Crippen LogP contribution in [-0.2, 0) is 4.79 Å². The van der Waals surface area contributed by atoms with Crippen molar-refractivity contribution >= 4 is 17.7 Å². The van der Waals surface area contributed by atoms with Gasteiger partial charge in [-0.05, 0) is 55.9 Å². The van der Waals surface area contributed by atoms with Crippen molar-refractivity contribution in [1.82, 2.24) is 4.90 Å². The lowest BCUT2D eigenvalue weighted by atomic mass is 9.74. The Balaban J connectivity index is 1.77. The lowest BCUT2D eigenvalue weighted by Crippen LogP contribution is -2.44. The minimum Gasteiger partial charge on any atom is -0.343 e. The Bertz CT molecular complexity index is 278. The quantitative estimate of drug-likeness (QED) is 0.855. The Morgan fingerprint density at radius 3 is 2.44 bits per heavy atom. The molecule has 0 radical (unpaired) electrons. The summed E-state index contributed by atoms with van der Waals surface area (Å²) in [6.07, 6.45) is 6.60. The van der Waals surface area contributed by atoms with Crippen LogP contribution in [0.2, 0.25) is 0 Å².